The molecule has 0 spiro atoms. The lowest BCUT2D eigenvalue weighted by Crippen LogP contribution is -2.08. The number of fused-ring (bicyclic) bond motifs is 1. The third-order valence-electron chi connectivity index (χ3n) is 4.25. The van der Waals surface area contributed by atoms with Gasteiger partial charge in [-0.1, -0.05) is 34.1 Å². The lowest BCUT2D eigenvalue weighted by atomic mass is 10.1. The van der Waals surface area contributed by atoms with E-state index in [-0.39, 0.29) is 12.6 Å². The predicted molar refractivity (Wildman–Crippen MR) is 111 cm³/mol. The molecule has 6 heteroatoms. The summed E-state index contributed by atoms with van der Waals surface area (Å²) in [6.45, 7) is 0.146. The summed E-state index contributed by atoms with van der Waals surface area (Å²) in [4.78, 5) is 24.5. The quantitative estimate of drug-likeness (QED) is 0.228. The van der Waals surface area contributed by atoms with Gasteiger partial charge in [-0.05, 0) is 66.2 Å². The molecule has 5 nitrogen and oxygen atoms in total. The lowest BCUT2D eigenvalue weighted by Gasteiger charge is -2.05. The van der Waals surface area contributed by atoms with Gasteiger partial charge in [-0.15, -0.1) is 0 Å². The molecule has 0 aromatic heterocycles. The summed E-state index contributed by atoms with van der Waals surface area (Å²) >= 11 is 3.34. The number of hydrogen-bond acceptors (Lipinski definition) is 5. The molecule has 1 aliphatic rings. The van der Waals surface area contributed by atoms with Crippen molar-refractivity contribution in [1.82, 2.24) is 0 Å². The van der Waals surface area contributed by atoms with Crippen molar-refractivity contribution in [3.05, 3.63) is 94.0 Å². The maximum absolute atomic E-state index is 12.3. The maximum atomic E-state index is 12.3. The Labute approximate surface area is 175 Å². The second-order valence-electron chi connectivity index (χ2n) is 6.23. The first-order chi connectivity index (χ1) is 14.1. The fourth-order valence-electron chi connectivity index (χ4n) is 2.72. The van der Waals surface area contributed by atoms with Crippen LogP contribution in [0.4, 0.5) is 0 Å². The highest BCUT2D eigenvalue weighted by Gasteiger charge is 2.17. The second-order valence-corrected chi connectivity index (χ2v) is 7.15. The number of carbonyl (C=O) groups excluding carboxylic acids is 2. The van der Waals surface area contributed by atoms with Crippen LogP contribution in [0.3, 0.4) is 0 Å². The zero-order valence-electron chi connectivity index (χ0n) is 15.1. The summed E-state index contributed by atoms with van der Waals surface area (Å²) in [6, 6.07) is 19.0. The zero-order valence-corrected chi connectivity index (χ0v) is 16.7. The Hall–Kier alpha value is -3.38. The molecule has 0 fully saturated rings. The first-order valence-corrected chi connectivity index (χ1v) is 9.58. The maximum Gasteiger partial charge on any atom is 0.343 e. The summed E-state index contributed by atoms with van der Waals surface area (Å²) < 4.78 is 16.8. The van der Waals surface area contributed by atoms with Crippen LogP contribution in [0, 0.1) is 0 Å². The number of esters is 1. The Morgan fingerprint density at radius 3 is 2.31 bits per heavy atom. The minimum absolute atomic E-state index is 0.0872. The molecule has 0 saturated heterocycles. The van der Waals surface area contributed by atoms with E-state index in [0.29, 0.717) is 28.4 Å². The number of hydrogen-bond donors (Lipinski definition) is 0. The molecule has 0 aliphatic carbocycles. The van der Waals surface area contributed by atoms with Gasteiger partial charge in [0.05, 0.1) is 5.56 Å². The SMILES string of the molecule is O=C(C=Cc1ccc(OC(=O)c2ccc3c(c2)OCO3)cc1)c1ccc(Br)cc1. The number of halogens is 1. The van der Waals surface area contributed by atoms with E-state index in [2.05, 4.69) is 15.9 Å². The Balaban J connectivity index is 1.39. The highest BCUT2D eigenvalue weighted by Crippen LogP contribution is 2.32. The van der Waals surface area contributed by atoms with Gasteiger partial charge in [0.1, 0.15) is 5.75 Å². The summed E-state index contributed by atoms with van der Waals surface area (Å²) in [5, 5.41) is 0. The molecule has 0 atom stereocenters. The highest BCUT2D eigenvalue weighted by molar-refractivity contribution is 9.10. The van der Waals surface area contributed by atoms with Crippen molar-refractivity contribution < 1.29 is 23.8 Å². The number of ether oxygens (including phenoxy) is 3. The van der Waals surface area contributed by atoms with Gasteiger partial charge in [-0.25, -0.2) is 4.79 Å². The average molecular weight is 451 g/mol. The van der Waals surface area contributed by atoms with Gasteiger partial charge in [0.15, 0.2) is 17.3 Å². The van der Waals surface area contributed by atoms with Crippen molar-refractivity contribution in [3.8, 4) is 17.2 Å². The average Bonchev–Trinajstić information content (AvgIpc) is 3.21. The molecule has 1 aliphatic heterocycles. The van der Waals surface area contributed by atoms with Gasteiger partial charge in [0.25, 0.3) is 0 Å². The summed E-state index contributed by atoms with van der Waals surface area (Å²) in [7, 11) is 0. The van der Waals surface area contributed by atoms with Crippen LogP contribution in [0.2, 0.25) is 0 Å². The van der Waals surface area contributed by atoms with Crippen molar-refractivity contribution in [2.75, 3.05) is 6.79 Å². The van der Waals surface area contributed by atoms with Gasteiger partial charge in [-0.2, -0.15) is 0 Å². The minimum Gasteiger partial charge on any atom is -0.454 e. The first kappa shape index (κ1) is 19.0. The van der Waals surface area contributed by atoms with E-state index in [4.69, 9.17) is 14.2 Å². The fraction of sp³-hybridized carbons (Fsp3) is 0.0435. The van der Waals surface area contributed by atoms with Crippen molar-refractivity contribution in [1.29, 1.82) is 0 Å². The van der Waals surface area contributed by atoms with Crippen LogP contribution in [-0.2, 0) is 0 Å². The van der Waals surface area contributed by atoms with E-state index in [0.717, 1.165) is 10.0 Å². The molecule has 3 aromatic carbocycles. The Morgan fingerprint density at radius 1 is 0.862 bits per heavy atom. The molecular formula is C23H15BrO5. The van der Waals surface area contributed by atoms with Crippen LogP contribution in [0.5, 0.6) is 17.2 Å². The van der Waals surface area contributed by atoms with Crippen molar-refractivity contribution in [2.24, 2.45) is 0 Å². The third-order valence-corrected chi connectivity index (χ3v) is 4.78. The molecule has 4 rings (SSSR count). The van der Waals surface area contributed by atoms with Crippen LogP contribution in [0.15, 0.2) is 77.3 Å². The van der Waals surface area contributed by atoms with Crippen molar-refractivity contribution >= 4 is 33.8 Å². The standard InChI is InChI=1S/C23H15BrO5/c24-18-7-4-16(5-8-18)20(25)11-3-15-1-9-19(10-2-15)29-23(26)17-6-12-21-22(13-17)28-14-27-21/h1-13H,14H2. The van der Waals surface area contributed by atoms with E-state index >= 15 is 0 Å². The van der Waals surface area contributed by atoms with Gasteiger partial charge in [0.2, 0.25) is 6.79 Å². The van der Waals surface area contributed by atoms with Gasteiger partial charge in [-0.3, -0.25) is 4.79 Å². The summed E-state index contributed by atoms with van der Waals surface area (Å²) in [5.41, 5.74) is 1.80. The molecule has 0 N–H and O–H groups in total. The van der Waals surface area contributed by atoms with E-state index < -0.39 is 5.97 Å². The molecule has 0 bridgehead atoms. The van der Waals surface area contributed by atoms with Crippen LogP contribution < -0.4 is 14.2 Å². The Bertz CT molecular complexity index is 1090. The molecule has 29 heavy (non-hydrogen) atoms. The van der Waals surface area contributed by atoms with E-state index in [1.54, 1.807) is 60.7 Å². The monoisotopic (exact) mass is 450 g/mol. The normalized spacial score (nSPS) is 12.2. The molecule has 1 heterocycles. The molecule has 144 valence electrons. The Morgan fingerprint density at radius 2 is 1.55 bits per heavy atom. The highest BCUT2D eigenvalue weighted by atomic mass is 79.9. The van der Waals surface area contributed by atoms with Crippen LogP contribution in [0.25, 0.3) is 6.08 Å². The molecular weight excluding hydrogens is 436 g/mol. The Kier molecular flexibility index (Phi) is 5.44. The fourth-order valence-corrected chi connectivity index (χ4v) is 2.98. The molecule has 3 aromatic rings. The van der Waals surface area contributed by atoms with E-state index in [1.165, 1.54) is 6.08 Å². The third kappa shape index (κ3) is 4.55. The van der Waals surface area contributed by atoms with Gasteiger partial charge in [0, 0.05) is 10.0 Å². The van der Waals surface area contributed by atoms with Gasteiger partial charge < -0.3 is 14.2 Å². The number of benzene rings is 3. The molecule has 0 amide bonds. The number of carbonyl (C=O) groups is 2. The number of allylic oxidation sites excluding steroid dienone is 1. The molecule has 0 unspecified atom stereocenters. The minimum atomic E-state index is -0.489. The van der Waals surface area contributed by atoms with Crippen molar-refractivity contribution in [2.45, 2.75) is 0 Å². The smallest absolute Gasteiger partial charge is 0.343 e. The number of ketones is 1. The molecule has 0 radical (unpaired) electrons. The van der Waals surface area contributed by atoms with E-state index in [9.17, 15) is 9.59 Å². The topological polar surface area (TPSA) is 61.8 Å². The van der Waals surface area contributed by atoms with Crippen molar-refractivity contribution in [3.63, 3.8) is 0 Å². The predicted octanol–water partition coefficient (Wildman–Crippen LogP) is 5.29. The van der Waals surface area contributed by atoms with Crippen LogP contribution in [0.1, 0.15) is 26.3 Å². The van der Waals surface area contributed by atoms with E-state index in [1.807, 2.05) is 12.1 Å². The lowest BCUT2D eigenvalue weighted by molar-refractivity contribution is 0.0734. The van der Waals surface area contributed by atoms with Gasteiger partial charge >= 0.3 is 5.97 Å². The zero-order chi connectivity index (χ0) is 20.2. The van der Waals surface area contributed by atoms with Crippen LogP contribution in [-0.4, -0.2) is 18.5 Å². The van der Waals surface area contributed by atoms with Crippen LogP contribution >= 0.6 is 15.9 Å². The largest absolute Gasteiger partial charge is 0.454 e. The summed E-state index contributed by atoms with van der Waals surface area (Å²) in [6.07, 6.45) is 3.23. The number of rotatable bonds is 5. The molecule has 0 saturated carbocycles. The first-order valence-electron chi connectivity index (χ1n) is 8.78. The summed E-state index contributed by atoms with van der Waals surface area (Å²) in [5.74, 6) is 0.961. The second kappa shape index (κ2) is 8.32.